The fourth-order valence-electron chi connectivity index (χ4n) is 4.26. The van der Waals surface area contributed by atoms with Crippen LogP contribution < -0.4 is 4.90 Å². The third-order valence-corrected chi connectivity index (χ3v) is 6.12. The molecule has 0 spiro atoms. The molecule has 4 rings (SSSR count). The fraction of sp³-hybridized carbons (Fsp3) is 0.263. The van der Waals surface area contributed by atoms with E-state index in [1.807, 2.05) is 44.2 Å². The molecule has 3 atom stereocenters. The SMILES string of the molecule is C[C@@]12C(=O)N(c3cc(Cl)cc(Cl)c3)C(=O)[C@]1(C)[C@@H]2c1ccccc1. The number of nitrogens with zero attached hydrogens (tertiary/aromatic N) is 1. The lowest BCUT2D eigenvalue weighted by Gasteiger charge is -2.22. The second-order valence-electron chi connectivity index (χ2n) is 6.82. The number of hydrogen-bond acceptors (Lipinski definition) is 2. The third-order valence-electron chi connectivity index (χ3n) is 5.68. The van der Waals surface area contributed by atoms with Crippen molar-refractivity contribution in [1.82, 2.24) is 0 Å². The van der Waals surface area contributed by atoms with Gasteiger partial charge in [-0.25, -0.2) is 4.90 Å². The Morgan fingerprint density at radius 2 is 1.38 bits per heavy atom. The van der Waals surface area contributed by atoms with Crippen LogP contribution in [0.5, 0.6) is 0 Å². The van der Waals surface area contributed by atoms with Crippen molar-refractivity contribution in [1.29, 1.82) is 0 Å². The summed E-state index contributed by atoms with van der Waals surface area (Å²) in [4.78, 5) is 27.5. The van der Waals surface area contributed by atoms with Crippen LogP contribution in [-0.2, 0) is 9.59 Å². The summed E-state index contributed by atoms with van der Waals surface area (Å²) in [6.07, 6.45) is 0. The molecular weight excluding hydrogens is 345 g/mol. The van der Waals surface area contributed by atoms with Crippen molar-refractivity contribution >= 4 is 40.7 Å². The van der Waals surface area contributed by atoms with Gasteiger partial charge >= 0.3 is 0 Å². The monoisotopic (exact) mass is 359 g/mol. The molecule has 122 valence electrons. The number of imide groups is 1. The summed E-state index contributed by atoms with van der Waals surface area (Å²) in [6.45, 7) is 3.74. The van der Waals surface area contributed by atoms with E-state index >= 15 is 0 Å². The van der Waals surface area contributed by atoms with E-state index in [1.165, 1.54) is 4.90 Å². The molecule has 0 N–H and O–H groups in total. The molecule has 2 amide bonds. The maximum absolute atomic E-state index is 13.1. The van der Waals surface area contributed by atoms with Crippen molar-refractivity contribution in [3.8, 4) is 0 Å². The van der Waals surface area contributed by atoms with Gasteiger partial charge < -0.3 is 0 Å². The molecule has 0 aromatic heterocycles. The highest BCUT2D eigenvalue weighted by molar-refractivity contribution is 6.36. The number of hydrogen-bond donors (Lipinski definition) is 0. The molecule has 1 heterocycles. The molecule has 24 heavy (non-hydrogen) atoms. The highest BCUT2D eigenvalue weighted by atomic mass is 35.5. The standard InChI is InChI=1S/C19H15Cl2NO2/c1-18-15(11-6-4-3-5-7-11)19(18,2)17(24)22(16(18)23)14-9-12(20)8-13(21)10-14/h3-10,15H,1-2H3/t15-,18-,19+. The van der Waals surface area contributed by atoms with Gasteiger partial charge in [-0.05, 0) is 37.6 Å². The highest BCUT2D eigenvalue weighted by Gasteiger charge is 2.85. The zero-order valence-electron chi connectivity index (χ0n) is 13.2. The lowest BCUT2D eigenvalue weighted by molar-refractivity contribution is -0.125. The molecule has 0 bridgehead atoms. The van der Waals surface area contributed by atoms with Crippen LogP contribution >= 0.6 is 23.2 Å². The van der Waals surface area contributed by atoms with E-state index in [9.17, 15) is 9.59 Å². The van der Waals surface area contributed by atoms with Gasteiger partial charge in [0.2, 0.25) is 11.8 Å². The highest BCUT2D eigenvalue weighted by Crippen LogP contribution is 2.78. The number of halogens is 2. The van der Waals surface area contributed by atoms with Gasteiger partial charge in [-0.1, -0.05) is 53.5 Å². The van der Waals surface area contributed by atoms with E-state index in [0.29, 0.717) is 15.7 Å². The molecule has 5 heteroatoms. The van der Waals surface area contributed by atoms with E-state index < -0.39 is 10.8 Å². The summed E-state index contributed by atoms with van der Waals surface area (Å²) in [5, 5.41) is 0.794. The van der Waals surface area contributed by atoms with Crippen molar-refractivity contribution < 1.29 is 9.59 Å². The first-order valence-corrected chi connectivity index (χ1v) is 8.47. The van der Waals surface area contributed by atoms with Gasteiger partial charge in [-0.3, -0.25) is 9.59 Å². The van der Waals surface area contributed by atoms with Crippen molar-refractivity contribution in [3.05, 3.63) is 64.1 Å². The van der Waals surface area contributed by atoms with Crippen LogP contribution in [0.15, 0.2) is 48.5 Å². The second kappa shape index (κ2) is 4.84. The quantitative estimate of drug-likeness (QED) is 0.730. The van der Waals surface area contributed by atoms with E-state index in [0.717, 1.165) is 5.56 Å². The average Bonchev–Trinajstić information content (AvgIpc) is 3.00. The Hall–Kier alpha value is -1.84. The van der Waals surface area contributed by atoms with Gasteiger partial charge in [0.15, 0.2) is 0 Å². The second-order valence-corrected chi connectivity index (χ2v) is 7.69. The lowest BCUT2D eigenvalue weighted by Crippen LogP contribution is -2.37. The van der Waals surface area contributed by atoms with E-state index in [2.05, 4.69) is 0 Å². The molecule has 2 aromatic rings. The third kappa shape index (κ3) is 1.74. The average molecular weight is 360 g/mol. The van der Waals surface area contributed by atoms with Crippen molar-refractivity contribution in [2.45, 2.75) is 19.8 Å². The Bertz CT molecular complexity index is 834. The summed E-state index contributed by atoms with van der Waals surface area (Å²) < 4.78 is 0. The Balaban J connectivity index is 1.78. The Morgan fingerprint density at radius 1 is 0.875 bits per heavy atom. The van der Waals surface area contributed by atoms with E-state index in [1.54, 1.807) is 18.2 Å². The molecule has 1 aliphatic heterocycles. The van der Waals surface area contributed by atoms with Crippen LogP contribution in [-0.4, -0.2) is 11.8 Å². The minimum Gasteiger partial charge on any atom is -0.273 e. The molecule has 1 saturated carbocycles. The molecule has 2 fully saturated rings. The molecule has 3 nitrogen and oxygen atoms in total. The predicted molar refractivity (Wildman–Crippen MR) is 94.4 cm³/mol. The van der Waals surface area contributed by atoms with Crippen LogP contribution in [0.3, 0.4) is 0 Å². The van der Waals surface area contributed by atoms with Gasteiger partial charge in [0.25, 0.3) is 0 Å². The Morgan fingerprint density at radius 3 is 1.88 bits per heavy atom. The number of anilines is 1. The number of rotatable bonds is 2. The van der Waals surface area contributed by atoms with Crippen LogP contribution in [0.4, 0.5) is 5.69 Å². The molecule has 1 aliphatic carbocycles. The molecule has 2 aliphatic rings. The largest absolute Gasteiger partial charge is 0.273 e. The summed E-state index contributed by atoms with van der Waals surface area (Å²) in [6, 6.07) is 14.5. The number of carbonyl (C=O) groups is 2. The minimum atomic E-state index is -0.736. The summed E-state index contributed by atoms with van der Waals surface area (Å²) in [7, 11) is 0. The first-order valence-electron chi connectivity index (χ1n) is 7.72. The zero-order chi connectivity index (χ0) is 17.3. The molecule has 0 radical (unpaired) electrons. The van der Waals surface area contributed by atoms with Gasteiger partial charge in [-0.15, -0.1) is 0 Å². The van der Waals surface area contributed by atoms with Crippen LogP contribution in [0.1, 0.15) is 25.3 Å². The first-order chi connectivity index (χ1) is 11.3. The zero-order valence-corrected chi connectivity index (χ0v) is 14.7. The maximum Gasteiger partial charge on any atom is 0.241 e. The molecule has 2 aromatic carbocycles. The van der Waals surface area contributed by atoms with Crippen molar-refractivity contribution in [2.24, 2.45) is 10.8 Å². The van der Waals surface area contributed by atoms with Crippen molar-refractivity contribution in [2.75, 3.05) is 4.90 Å². The van der Waals surface area contributed by atoms with Crippen LogP contribution in [0.2, 0.25) is 10.0 Å². The van der Waals surface area contributed by atoms with E-state index in [-0.39, 0.29) is 17.7 Å². The molecular formula is C19H15Cl2NO2. The Labute approximate surface area is 150 Å². The summed E-state index contributed by atoms with van der Waals surface area (Å²) in [5.74, 6) is -0.485. The first kappa shape index (κ1) is 15.7. The summed E-state index contributed by atoms with van der Waals surface area (Å²) in [5.41, 5.74) is -0.0163. The number of piperidine rings is 1. The van der Waals surface area contributed by atoms with Gasteiger partial charge in [0, 0.05) is 16.0 Å². The van der Waals surface area contributed by atoms with Gasteiger partial charge in [0.1, 0.15) is 0 Å². The molecule has 1 saturated heterocycles. The fourth-order valence-corrected chi connectivity index (χ4v) is 4.78. The normalized spacial score (nSPS) is 31.3. The van der Waals surface area contributed by atoms with Crippen LogP contribution in [0.25, 0.3) is 0 Å². The topological polar surface area (TPSA) is 37.4 Å². The number of amides is 2. The van der Waals surface area contributed by atoms with Crippen LogP contribution in [0, 0.1) is 10.8 Å². The lowest BCUT2D eigenvalue weighted by atomic mass is 9.99. The number of fused-ring (bicyclic) bond motifs is 1. The molecule has 0 unspecified atom stereocenters. The number of benzene rings is 2. The maximum atomic E-state index is 13.1. The summed E-state index contributed by atoms with van der Waals surface area (Å²) >= 11 is 12.1. The minimum absolute atomic E-state index is 0.0999. The Kier molecular flexibility index (Phi) is 3.16. The van der Waals surface area contributed by atoms with E-state index in [4.69, 9.17) is 23.2 Å². The number of carbonyl (C=O) groups excluding carboxylic acids is 2. The van der Waals surface area contributed by atoms with Crippen molar-refractivity contribution in [3.63, 3.8) is 0 Å². The van der Waals surface area contributed by atoms with Gasteiger partial charge in [-0.2, -0.15) is 0 Å². The predicted octanol–water partition coefficient (Wildman–Crippen LogP) is 4.68. The van der Waals surface area contributed by atoms with Gasteiger partial charge in [0.05, 0.1) is 16.5 Å². The smallest absolute Gasteiger partial charge is 0.241 e.